The normalized spacial score (nSPS) is 30.4. The van der Waals surface area contributed by atoms with Gasteiger partial charge in [0.1, 0.15) is 0 Å². The predicted octanol–water partition coefficient (Wildman–Crippen LogP) is 1.66. The number of rotatable bonds is 5. The number of hydrogen-bond acceptors (Lipinski definition) is 4. The lowest BCUT2D eigenvalue weighted by molar-refractivity contribution is -0.141. The van der Waals surface area contributed by atoms with Crippen molar-refractivity contribution in [3.05, 3.63) is 11.8 Å². The Balaban J connectivity index is 1.41. The fourth-order valence-electron chi connectivity index (χ4n) is 5.16. The van der Waals surface area contributed by atoms with Crippen molar-refractivity contribution in [2.24, 2.45) is 5.41 Å². The van der Waals surface area contributed by atoms with E-state index in [-0.39, 0.29) is 11.8 Å². The second-order valence-corrected chi connectivity index (χ2v) is 8.12. The Hall–Kier alpha value is -1.40. The molecule has 1 saturated carbocycles. The molecule has 26 heavy (non-hydrogen) atoms. The molecule has 2 aliphatic heterocycles. The average Bonchev–Trinajstić information content (AvgIpc) is 3.33. The Kier molecular flexibility index (Phi) is 5.32. The van der Waals surface area contributed by atoms with Gasteiger partial charge in [-0.1, -0.05) is 18.9 Å². The number of carbonyl (C=O) groups is 2. The number of ether oxygens (including phenoxy) is 1. The van der Waals surface area contributed by atoms with Gasteiger partial charge in [-0.2, -0.15) is 0 Å². The van der Waals surface area contributed by atoms with Crippen molar-refractivity contribution in [2.45, 2.75) is 57.4 Å². The minimum atomic E-state index is -0.471. The number of nitrogens with zero attached hydrogens (tertiary/aromatic N) is 2. The van der Waals surface area contributed by atoms with Crippen molar-refractivity contribution in [1.29, 1.82) is 0 Å². The molecule has 1 atom stereocenters. The lowest BCUT2D eigenvalue weighted by atomic mass is 9.75. The van der Waals surface area contributed by atoms with E-state index in [9.17, 15) is 9.59 Å². The van der Waals surface area contributed by atoms with Crippen LogP contribution < -0.4 is 5.32 Å². The van der Waals surface area contributed by atoms with Gasteiger partial charge in [0.05, 0.1) is 18.6 Å². The number of morpholine rings is 1. The number of fused-ring (bicyclic) bond motifs is 1. The first-order valence-corrected chi connectivity index (χ1v) is 10.3. The average molecular weight is 361 g/mol. The van der Waals surface area contributed by atoms with Gasteiger partial charge in [-0.05, 0) is 32.1 Å². The van der Waals surface area contributed by atoms with E-state index in [1.165, 1.54) is 12.8 Å². The quantitative estimate of drug-likeness (QED) is 0.809. The third kappa shape index (κ3) is 3.29. The van der Waals surface area contributed by atoms with Crippen LogP contribution in [0.5, 0.6) is 0 Å². The summed E-state index contributed by atoms with van der Waals surface area (Å²) in [6.45, 7) is 4.99. The molecule has 1 N–H and O–H groups in total. The van der Waals surface area contributed by atoms with Gasteiger partial charge < -0.3 is 15.0 Å². The molecule has 144 valence electrons. The highest BCUT2D eigenvalue weighted by Crippen LogP contribution is 2.50. The molecule has 3 fully saturated rings. The van der Waals surface area contributed by atoms with Crippen molar-refractivity contribution in [1.82, 2.24) is 15.1 Å². The minimum Gasteiger partial charge on any atom is -0.379 e. The SMILES string of the molecule is O=C1CCC2(C(=O)NCCN3CCOCC3)CCC=C2N1C1CCCC1. The molecule has 0 aromatic carbocycles. The zero-order valence-corrected chi connectivity index (χ0v) is 15.7. The highest BCUT2D eigenvalue weighted by Gasteiger charge is 2.52. The van der Waals surface area contributed by atoms with Gasteiger partial charge in [0.25, 0.3) is 0 Å². The van der Waals surface area contributed by atoms with E-state index in [0.29, 0.717) is 25.4 Å². The first-order chi connectivity index (χ1) is 12.7. The van der Waals surface area contributed by atoms with E-state index >= 15 is 0 Å². The maximum Gasteiger partial charge on any atom is 0.232 e. The van der Waals surface area contributed by atoms with Crippen molar-refractivity contribution in [2.75, 3.05) is 39.4 Å². The molecule has 0 aromatic heterocycles. The zero-order valence-electron chi connectivity index (χ0n) is 15.7. The van der Waals surface area contributed by atoms with Gasteiger partial charge in [-0.25, -0.2) is 0 Å². The van der Waals surface area contributed by atoms with Crippen LogP contribution in [-0.4, -0.2) is 67.0 Å². The lowest BCUT2D eigenvalue weighted by Crippen LogP contribution is -2.53. The van der Waals surface area contributed by atoms with Crippen LogP contribution in [0.25, 0.3) is 0 Å². The topological polar surface area (TPSA) is 61.9 Å². The second kappa shape index (κ2) is 7.69. The Labute approximate surface area is 155 Å². The van der Waals surface area contributed by atoms with Gasteiger partial charge in [0, 0.05) is 44.3 Å². The molecule has 6 nitrogen and oxygen atoms in total. The number of amides is 2. The summed E-state index contributed by atoms with van der Waals surface area (Å²) in [7, 11) is 0. The number of allylic oxidation sites excluding steroid dienone is 1. The maximum atomic E-state index is 13.2. The van der Waals surface area contributed by atoms with Crippen LogP contribution in [0.2, 0.25) is 0 Å². The Morgan fingerprint density at radius 3 is 2.77 bits per heavy atom. The third-order valence-electron chi connectivity index (χ3n) is 6.63. The summed E-state index contributed by atoms with van der Waals surface area (Å²) < 4.78 is 5.37. The van der Waals surface area contributed by atoms with E-state index in [1.54, 1.807) is 0 Å². The maximum absolute atomic E-state index is 13.2. The highest BCUT2D eigenvalue weighted by molar-refractivity contribution is 5.91. The van der Waals surface area contributed by atoms with Crippen LogP contribution in [0.4, 0.5) is 0 Å². The fraction of sp³-hybridized carbons (Fsp3) is 0.800. The van der Waals surface area contributed by atoms with Gasteiger partial charge in [-0.15, -0.1) is 0 Å². The van der Waals surface area contributed by atoms with Crippen LogP contribution >= 0.6 is 0 Å². The molecule has 0 aromatic rings. The molecule has 0 spiro atoms. The second-order valence-electron chi connectivity index (χ2n) is 8.12. The molecule has 0 radical (unpaired) electrons. The standard InChI is InChI=1S/C20H31N3O3/c24-18-7-9-20(19(25)21-10-11-22-12-14-26-15-13-22)8-3-6-17(20)23(18)16-4-1-2-5-16/h6,16H,1-5,7-15H2,(H,21,25). The summed E-state index contributed by atoms with van der Waals surface area (Å²) >= 11 is 0. The molecule has 1 unspecified atom stereocenters. The van der Waals surface area contributed by atoms with E-state index in [1.807, 2.05) is 4.90 Å². The van der Waals surface area contributed by atoms with E-state index < -0.39 is 5.41 Å². The molecule has 0 bridgehead atoms. The Morgan fingerprint density at radius 1 is 1.23 bits per heavy atom. The summed E-state index contributed by atoms with van der Waals surface area (Å²) in [5.74, 6) is 0.354. The molecule has 4 aliphatic rings. The van der Waals surface area contributed by atoms with Crippen molar-refractivity contribution < 1.29 is 14.3 Å². The molecule has 2 aliphatic carbocycles. The molecule has 2 saturated heterocycles. The van der Waals surface area contributed by atoms with Gasteiger partial charge in [0.2, 0.25) is 11.8 Å². The molecule has 6 heteroatoms. The Morgan fingerprint density at radius 2 is 2.00 bits per heavy atom. The third-order valence-corrected chi connectivity index (χ3v) is 6.63. The number of piperidine rings is 1. The Bertz CT molecular complexity index is 579. The van der Waals surface area contributed by atoms with Crippen molar-refractivity contribution in [3.8, 4) is 0 Å². The first kappa shape index (κ1) is 18.0. The number of carbonyl (C=O) groups excluding carboxylic acids is 2. The predicted molar refractivity (Wildman–Crippen MR) is 98.4 cm³/mol. The summed E-state index contributed by atoms with van der Waals surface area (Å²) in [5, 5.41) is 3.19. The number of likely N-dealkylation sites (tertiary alicyclic amines) is 1. The summed E-state index contributed by atoms with van der Waals surface area (Å²) in [4.78, 5) is 30.2. The van der Waals surface area contributed by atoms with Crippen LogP contribution in [0.15, 0.2) is 11.8 Å². The molecule has 4 rings (SSSR count). The molecule has 2 heterocycles. The van der Waals surface area contributed by atoms with Gasteiger partial charge in [0.15, 0.2) is 0 Å². The van der Waals surface area contributed by atoms with E-state index in [0.717, 1.165) is 64.2 Å². The largest absolute Gasteiger partial charge is 0.379 e. The first-order valence-electron chi connectivity index (χ1n) is 10.3. The minimum absolute atomic E-state index is 0.130. The highest BCUT2D eigenvalue weighted by atomic mass is 16.5. The van der Waals surface area contributed by atoms with Crippen LogP contribution in [0.1, 0.15) is 51.4 Å². The fourth-order valence-corrected chi connectivity index (χ4v) is 5.16. The zero-order chi connectivity index (χ0) is 18.0. The van der Waals surface area contributed by atoms with Crippen LogP contribution in [0, 0.1) is 5.41 Å². The monoisotopic (exact) mass is 361 g/mol. The summed E-state index contributed by atoms with van der Waals surface area (Å²) in [6.07, 6.45) is 9.65. The van der Waals surface area contributed by atoms with Crippen LogP contribution in [-0.2, 0) is 14.3 Å². The summed E-state index contributed by atoms with van der Waals surface area (Å²) in [6, 6.07) is 0.313. The molecular formula is C20H31N3O3. The molecular weight excluding hydrogens is 330 g/mol. The van der Waals surface area contributed by atoms with E-state index in [4.69, 9.17) is 4.74 Å². The lowest BCUT2D eigenvalue weighted by Gasteiger charge is -2.44. The van der Waals surface area contributed by atoms with Gasteiger partial charge in [-0.3, -0.25) is 14.5 Å². The number of hydrogen-bond donors (Lipinski definition) is 1. The van der Waals surface area contributed by atoms with Crippen molar-refractivity contribution >= 4 is 11.8 Å². The van der Waals surface area contributed by atoms with Crippen LogP contribution in [0.3, 0.4) is 0 Å². The molecule has 2 amide bonds. The summed E-state index contributed by atoms with van der Waals surface area (Å²) in [5.41, 5.74) is 0.547. The van der Waals surface area contributed by atoms with E-state index in [2.05, 4.69) is 16.3 Å². The smallest absolute Gasteiger partial charge is 0.232 e. The van der Waals surface area contributed by atoms with Gasteiger partial charge >= 0.3 is 0 Å². The van der Waals surface area contributed by atoms with Crippen molar-refractivity contribution in [3.63, 3.8) is 0 Å². The number of nitrogens with one attached hydrogen (secondary N) is 1.